The Hall–Kier alpha value is -2.38. The molecule has 156 valence electrons. The molecule has 29 heavy (non-hydrogen) atoms. The highest BCUT2D eigenvalue weighted by molar-refractivity contribution is 7.90. The number of methoxy groups -OCH3 is 1. The minimum Gasteiger partial charge on any atom is -0.497 e. The summed E-state index contributed by atoms with van der Waals surface area (Å²) in [6.45, 7) is 1.05. The fourth-order valence-corrected chi connectivity index (χ4v) is 4.67. The fourth-order valence-electron chi connectivity index (χ4n) is 3.83. The summed E-state index contributed by atoms with van der Waals surface area (Å²) < 4.78 is 29.2. The molecule has 6 nitrogen and oxygen atoms in total. The molecule has 2 aromatic rings. The van der Waals surface area contributed by atoms with Crippen LogP contribution in [0.3, 0.4) is 0 Å². The van der Waals surface area contributed by atoms with Gasteiger partial charge in [-0.2, -0.15) is 0 Å². The minimum absolute atomic E-state index is 0.135. The average molecular weight is 417 g/mol. The summed E-state index contributed by atoms with van der Waals surface area (Å²) in [6, 6.07) is 14.7. The maximum absolute atomic E-state index is 12.8. The number of hydrogen-bond acceptors (Lipinski definition) is 5. The lowest BCUT2D eigenvalue weighted by atomic mass is 10.0. The SMILES string of the molecule is COc1ccc(C2CCCCCN2CC(=O)Nc2ccccc2S(C)(=O)=O)cc1. The van der Waals surface area contributed by atoms with Crippen LogP contribution in [0, 0.1) is 0 Å². The third-order valence-electron chi connectivity index (χ3n) is 5.27. The quantitative estimate of drug-likeness (QED) is 0.778. The normalized spacial score (nSPS) is 18.1. The van der Waals surface area contributed by atoms with E-state index in [9.17, 15) is 13.2 Å². The molecule has 2 aromatic carbocycles. The lowest BCUT2D eigenvalue weighted by Gasteiger charge is -2.30. The number of carbonyl (C=O) groups excluding carboxylic acids is 1. The molecule has 1 N–H and O–H groups in total. The maximum Gasteiger partial charge on any atom is 0.238 e. The van der Waals surface area contributed by atoms with Crippen molar-refractivity contribution in [2.24, 2.45) is 0 Å². The predicted molar refractivity (Wildman–Crippen MR) is 114 cm³/mol. The topological polar surface area (TPSA) is 75.7 Å². The lowest BCUT2D eigenvalue weighted by Crippen LogP contribution is -2.36. The van der Waals surface area contributed by atoms with Crippen molar-refractivity contribution in [2.75, 3.05) is 31.8 Å². The van der Waals surface area contributed by atoms with Crippen LogP contribution >= 0.6 is 0 Å². The van der Waals surface area contributed by atoms with Crippen molar-refractivity contribution in [2.45, 2.75) is 36.6 Å². The Morgan fingerprint density at radius 2 is 1.83 bits per heavy atom. The smallest absolute Gasteiger partial charge is 0.238 e. The van der Waals surface area contributed by atoms with E-state index in [0.717, 1.165) is 49.8 Å². The van der Waals surface area contributed by atoms with Crippen LogP contribution in [0.5, 0.6) is 5.75 Å². The summed E-state index contributed by atoms with van der Waals surface area (Å²) in [7, 11) is -1.77. The number of rotatable bonds is 6. The molecule has 1 fully saturated rings. The third kappa shape index (κ3) is 5.58. The summed E-state index contributed by atoms with van der Waals surface area (Å²) in [5.41, 5.74) is 1.49. The second-order valence-electron chi connectivity index (χ2n) is 7.43. The van der Waals surface area contributed by atoms with Crippen LogP contribution in [0.15, 0.2) is 53.4 Å². The van der Waals surface area contributed by atoms with E-state index in [2.05, 4.69) is 22.3 Å². The highest BCUT2D eigenvalue weighted by Gasteiger charge is 2.25. The van der Waals surface area contributed by atoms with Gasteiger partial charge >= 0.3 is 0 Å². The number of anilines is 1. The molecule has 0 spiro atoms. The molecule has 0 aromatic heterocycles. The summed E-state index contributed by atoms with van der Waals surface area (Å²) in [5.74, 6) is 0.602. The van der Waals surface area contributed by atoms with E-state index in [1.165, 1.54) is 6.07 Å². The molecule has 1 aliphatic heterocycles. The molecule has 0 saturated carbocycles. The van der Waals surface area contributed by atoms with Crippen LogP contribution in [-0.2, 0) is 14.6 Å². The van der Waals surface area contributed by atoms with E-state index in [0.29, 0.717) is 5.69 Å². The molecular weight excluding hydrogens is 388 g/mol. The van der Waals surface area contributed by atoms with Gasteiger partial charge in [-0.1, -0.05) is 37.1 Å². The molecule has 1 heterocycles. The molecule has 0 bridgehead atoms. The van der Waals surface area contributed by atoms with E-state index in [1.807, 2.05) is 12.1 Å². The van der Waals surface area contributed by atoms with Gasteiger partial charge in [0.15, 0.2) is 9.84 Å². The van der Waals surface area contributed by atoms with Gasteiger partial charge in [0, 0.05) is 12.3 Å². The number of hydrogen-bond donors (Lipinski definition) is 1. The Labute approximate surface area is 172 Å². The van der Waals surface area contributed by atoms with E-state index >= 15 is 0 Å². The van der Waals surface area contributed by atoms with Gasteiger partial charge in [0.05, 0.1) is 24.2 Å². The van der Waals surface area contributed by atoms with E-state index in [-0.39, 0.29) is 23.4 Å². The van der Waals surface area contributed by atoms with E-state index in [4.69, 9.17) is 4.74 Å². The number of nitrogens with zero attached hydrogens (tertiary/aromatic N) is 1. The van der Waals surface area contributed by atoms with Crippen LogP contribution in [0.2, 0.25) is 0 Å². The van der Waals surface area contributed by atoms with Gasteiger partial charge in [0.25, 0.3) is 0 Å². The Morgan fingerprint density at radius 1 is 1.10 bits per heavy atom. The molecule has 1 unspecified atom stereocenters. The molecule has 1 aliphatic rings. The monoisotopic (exact) mass is 416 g/mol. The number of benzene rings is 2. The Kier molecular flexibility index (Phi) is 6.92. The van der Waals surface area contributed by atoms with Gasteiger partial charge in [0.1, 0.15) is 5.75 Å². The summed E-state index contributed by atoms with van der Waals surface area (Å²) >= 11 is 0. The first kappa shape index (κ1) is 21.3. The van der Waals surface area contributed by atoms with Crippen LogP contribution < -0.4 is 10.1 Å². The first-order chi connectivity index (χ1) is 13.9. The standard InChI is InChI=1S/C22H28N2O4S/c1-28-18-13-11-17(12-14-18)20-9-4-3-7-15-24(20)16-22(25)23-19-8-5-6-10-21(19)29(2,26)27/h5-6,8,10-14,20H,3-4,7,9,15-16H2,1-2H3,(H,23,25). The Balaban J connectivity index is 1.76. The largest absolute Gasteiger partial charge is 0.497 e. The summed E-state index contributed by atoms with van der Waals surface area (Å²) in [6.07, 6.45) is 5.43. The van der Waals surface area contributed by atoms with Gasteiger partial charge < -0.3 is 10.1 Å². The highest BCUT2D eigenvalue weighted by Crippen LogP contribution is 2.31. The number of sulfone groups is 1. The van der Waals surface area contributed by atoms with Crippen LogP contribution in [0.4, 0.5) is 5.69 Å². The van der Waals surface area contributed by atoms with E-state index in [1.54, 1.807) is 25.3 Å². The average Bonchev–Trinajstić information content (AvgIpc) is 2.93. The number of amides is 1. The summed E-state index contributed by atoms with van der Waals surface area (Å²) in [5, 5.41) is 2.80. The number of ether oxygens (including phenoxy) is 1. The number of nitrogens with one attached hydrogen (secondary N) is 1. The highest BCUT2D eigenvalue weighted by atomic mass is 32.2. The van der Waals surface area contributed by atoms with Gasteiger partial charge in [-0.05, 0) is 49.2 Å². The minimum atomic E-state index is -3.42. The van der Waals surface area contributed by atoms with Crippen molar-refractivity contribution in [3.63, 3.8) is 0 Å². The molecule has 1 atom stereocenters. The van der Waals surface area contributed by atoms with Crippen LogP contribution in [-0.4, -0.2) is 45.7 Å². The maximum atomic E-state index is 12.8. The van der Waals surface area contributed by atoms with Crippen molar-refractivity contribution in [1.82, 2.24) is 4.90 Å². The van der Waals surface area contributed by atoms with Crippen molar-refractivity contribution in [1.29, 1.82) is 0 Å². The summed E-state index contributed by atoms with van der Waals surface area (Å²) in [4.78, 5) is 15.1. The van der Waals surface area contributed by atoms with Crippen molar-refractivity contribution in [3.05, 3.63) is 54.1 Å². The molecular formula is C22H28N2O4S. The first-order valence-corrected chi connectivity index (χ1v) is 11.7. The number of likely N-dealkylation sites (tertiary alicyclic amines) is 1. The second-order valence-corrected chi connectivity index (χ2v) is 9.41. The Morgan fingerprint density at radius 3 is 2.52 bits per heavy atom. The number of para-hydroxylation sites is 1. The van der Waals surface area contributed by atoms with Crippen LogP contribution in [0.1, 0.15) is 37.3 Å². The third-order valence-corrected chi connectivity index (χ3v) is 6.43. The van der Waals surface area contributed by atoms with E-state index < -0.39 is 9.84 Å². The zero-order valence-electron chi connectivity index (χ0n) is 16.9. The molecule has 1 saturated heterocycles. The van der Waals surface area contributed by atoms with Crippen LogP contribution in [0.25, 0.3) is 0 Å². The zero-order valence-corrected chi connectivity index (χ0v) is 17.7. The van der Waals surface area contributed by atoms with Gasteiger partial charge in [-0.15, -0.1) is 0 Å². The number of carbonyl (C=O) groups is 1. The van der Waals surface area contributed by atoms with Crippen molar-refractivity contribution >= 4 is 21.4 Å². The zero-order chi connectivity index (χ0) is 20.9. The van der Waals surface area contributed by atoms with Gasteiger partial charge in [-0.3, -0.25) is 9.69 Å². The molecule has 3 rings (SSSR count). The van der Waals surface area contributed by atoms with Gasteiger partial charge in [-0.25, -0.2) is 8.42 Å². The van der Waals surface area contributed by atoms with Gasteiger partial charge in [0.2, 0.25) is 5.91 Å². The molecule has 0 aliphatic carbocycles. The predicted octanol–water partition coefficient (Wildman–Crippen LogP) is 3.65. The molecule has 7 heteroatoms. The fraction of sp³-hybridized carbons (Fsp3) is 0.409. The molecule has 1 amide bonds. The van der Waals surface area contributed by atoms with Crippen molar-refractivity contribution < 1.29 is 17.9 Å². The lowest BCUT2D eigenvalue weighted by molar-refractivity contribution is -0.117. The second kappa shape index (κ2) is 9.41. The Bertz CT molecular complexity index is 942. The first-order valence-electron chi connectivity index (χ1n) is 9.85. The molecule has 0 radical (unpaired) electrons. The van der Waals surface area contributed by atoms with Crippen molar-refractivity contribution in [3.8, 4) is 5.75 Å².